The number of rotatable bonds is 14. The number of allylic oxidation sites excluding steroid dienone is 9. The van der Waals surface area contributed by atoms with E-state index >= 15 is 0 Å². The molecule has 0 heterocycles. The monoisotopic (exact) mass is 316 g/mol. The molecule has 2 nitrogen and oxygen atoms in total. The Hall–Kier alpha value is -1.83. The molecule has 0 rings (SSSR count). The first-order chi connectivity index (χ1) is 11.3. The van der Waals surface area contributed by atoms with Crippen molar-refractivity contribution in [2.24, 2.45) is 0 Å². The molecule has 0 aromatic carbocycles. The first-order valence-electron chi connectivity index (χ1n) is 8.83. The van der Waals surface area contributed by atoms with E-state index in [1.807, 2.05) is 24.3 Å². The predicted octanol–water partition coefficient (Wildman–Crippen LogP) is 6.38. The molecule has 0 atom stereocenters. The summed E-state index contributed by atoms with van der Waals surface area (Å²) in [5.74, 6) is -0.930. The van der Waals surface area contributed by atoms with Crippen molar-refractivity contribution in [1.82, 2.24) is 0 Å². The van der Waals surface area contributed by atoms with Crippen molar-refractivity contribution in [3.05, 3.63) is 60.8 Å². The summed E-state index contributed by atoms with van der Waals surface area (Å²) in [4.78, 5) is 10.2. The third-order valence-corrected chi connectivity index (χ3v) is 3.38. The number of unbranched alkanes of at least 4 members (excludes halogenated alkanes) is 8. The minimum absolute atomic E-state index is 0.930. The Kier molecular flexibility index (Phi) is 16.8. The summed E-state index contributed by atoms with van der Waals surface area (Å²) in [6.45, 7) is 2.26. The van der Waals surface area contributed by atoms with Gasteiger partial charge in [0.1, 0.15) is 0 Å². The lowest BCUT2D eigenvalue weighted by Gasteiger charge is -1.99. The van der Waals surface area contributed by atoms with Gasteiger partial charge in [-0.05, 0) is 12.8 Å². The summed E-state index contributed by atoms with van der Waals surface area (Å²) < 4.78 is 0. The maximum absolute atomic E-state index is 10.2. The molecule has 0 saturated carbocycles. The number of hydrogen-bond donors (Lipinski definition) is 1. The molecule has 0 fully saturated rings. The van der Waals surface area contributed by atoms with Crippen LogP contribution in [0.4, 0.5) is 0 Å². The van der Waals surface area contributed by atoms with Crippen molar-refractivity contribution in [1.29, 1.82) is 0 Å². The zero-order chi connectivity index (χ0) is 17.0. The molecule has 0 saturated heterocycles. The molecule has 0 unspecified atom stereocenters. The van der Waals surface area contributed by atoms with E-state index < -0.39 is 5.97 Å². The minimum Gasteiger partial charge on any atom is -0.478 e. The van der Waals surface area contributed by atoms with E-state index in [1.54, 1.807) is 12.2 Å². The molecular weight excluding hydrogens is 284 g/mol. The van der Waals surface area contributed by atoms with Gasteiger partial charge in [0, 0.05) is 6.08 Å². The van der Waals surface area contributed by atoms with Gasteiger partial charge in [0.2, 0.25) is 0 Å². The van der Waals surface area contributed by atoms with Gasteiger partial charge in [0.05, 0.1) is 0 Å². The van der Waals surface area contributed by atoms with Gasteiger partial charge in [-0.3, -0.25) is 0 Å². The van der Waals surface area contributed by atoms with E-state index in [4.69, 9.17) is 5.11 Å². The van der Waals surface area contributed by atoms with Crippen LogP contribution in [-0.4, -0.2) is 11.1 Å². The summed E-state index contributed by atoms with van der Waals surface area (Å²) in [5.41, 5.74) is 0. The van der Waals surface area contributed by atoms with Crippen molar-refractivity contribution in [3.63, 3.8) is 0 Å². The summed E-state index contributed by atoms with van der Waals surface area (Å²) in [5, 5.41) is 8.39. The normalized spacial score (nSPS) is 12.7. The maximum Gasteiger partial charge on any atom is 0.328 e. The quantitative estimate of drug-likeness (QED) is 0.229. The van der Waals surface area contributed by atoms with Crippen LogP contribution in [0.15, 0.2) is 60.8 Å². The van der Waals surface area contributed by atoms with Crippen molar-refractivity contribution >= 4 is 5.97 Å². The lowest BCUT2D eigenvalue weighted by molar-refractivity contribution is -0.131. The van der Waals surface area contributed by atoms with E-state index in [1.165, 1.54) is 57.4 Å². The van der Waals surface area contributed by atoms with Crippen LogP contribution in [0.1, 0.15) is 64.7 Å². The summed E-state index contributed by atoms with van der Waals surface area (Å²) in [6, 6.07) is 0. The van der Waals surface area contributed by atoms with Gasteiger partial charge >= 0.3 is 5.97 Å². The lowest BCUT2D eigenvalue weighted by Crippen LogP contribution is -1.84. The number of hydrogen-bond acceptors (Lipinski definition) is 1. The molecule has 0 aromatic rings. The van der Waals surface area contributed by atoms with Crippen molar-refractivity contribution in [2.75, 3.05) is 0 Å². The molecule has 0 aliphatic rings. The minimum atomic E-state index is -0.930. The highest BCUT2D eigenvalue weighted by molar-refractivity contribution is 5.80. The summed E-state index contributed by atoms with van der Waals surface area (Å²) >= 11 is 0. The molecular formula is C21H32O2. The van der Waals surface area contributed by atoms with Crippen LogP contribution < -0.4 is 0 Å². The Bertz CT molecular complexity index is 412. The average molecular weight is 316 g/mol. The van der Waals surface area contributed by atoms with Gasteiger partial charge in [-0.1, -0.05) is 107 Å². The topological polar surface area (TPSA) is 37.3 Å². The second-order valence-corrected chi connectivity index (χ2v) is 5.54. The number of aliphatic carboxylic acids is 1. The number of carboxylic acid groups (broad SMARTS) is 1. The Labute approximate surface area is 142 Å². The molecule has 23 heavy (non-hydrogen) atoms. The standard InChI is InChI=1S/C21H32O2/c1-2-3-4-5-6-7-8-9-10-11-12-13-14-15-16-17-18-19-20-21(22)23/h11-20H,2-10H2,1H3,(H,22,23). The molecule has 0 aliphatic carbocycles. The van der Waals surface area contributed by atoms with E-state index in [0.29, 0.717) is 0 Å². The largest absolute Gasteiger partial charge is 0.478 e. The molecule has 128 valence electrons. The average Bonchev–Trinajstić information content (AvgIpc) is 2.53. The number of carbonyl (C=O) groups is 1. The third-order valence-electron chi connectivity index (χ3n) is 3.38. The van der Waals surface area contributed by atoms with Crippen LogP contribution in [0.25, 0.3) is 0 Å². The summed E-state index contributed by atoms with van der Waals surface area (Å²) in [7, 11) is 0. The molecule has 0 amide bonds. The van der Waals surface area contributed by atoms with E-state index in [0.717, 1.165) is 12.5 Å². The van der Waals surface area contributed by atoms with E-state index in [-0.39, 0.29) is 0 Å². The van der Waals surface area contributed by atoms with Crippen molar-refractivity contribution in [2.45, 2.75) is 64.7 Å². The second-order valence-electron chi connectivity index (χ2n) is 5.54. The smallest absolute Gasteiger partial charge is 0.328 e. The third kappa shape index (κ3) is 20.2. The fraction of sp³-hybridized carbons (Fsp3) is 0.476. The van der Waals surface area contributed by atoms with Gasteiger partial charge in [-0.25, -0.2) is 4.79 Å². The lowest BCUT2D eigenvalue weighted by atomic mass is 10.1. The molecule has 0 aromatic heterocycles. The van der Waals surface area contributed by atoms with Crippen LogP contribution in [0, 0.1) is 0 Å². The van der Waals surface area contributed by atoms with Crippen LogP contribution in [0.3, 0.4) is 0 Å². The van der Waals surface area contributed by atoms with Crippen molar-refractivity contribution in [3.8, 4) is 0 Å². The Morgan fingerprint density at radius 2 is 1.17 bits per heavy atom. The predicted molar refractivity (Wildman–Crippen MR) is 101 cm³/mol. The SMILES string of the molecule is CCCCCCCCCCC=CC=CC=CC=CC=CC(=O)O. The molecule has 1 N–H and O–H groups in total. The van der Waals surface area contributed by atoms with Gasteiger partial charge in [0.25, 0.3) is 0 Å². The molecule has 0 radical (unpaired) electrons. The van der Waals surface area contributed by atoms with Crippen LogP contribution in [-0.2, 0) is 4.79 Å². The zero-order valence-corrected chi connectivity index (χ0v) is 14.5. The zero-order valence-electron chi connectivity index (χ0n) is 14.5. The molecule has 0 spiro atoms. The molecule has 2 heteroatoms. The van der Waals surface area contributed by atoms with Crippen LogP contribution in [0.5, 0.6) is 0 Å². The molecule has 0 aliphatic heterocycles. The fourth-order valence-electron chi connectivity index (χ4n) is 2.09. The highest BCUT2D eigenvalue weighted by Crippen LogP contribution is 2.09. The Morgan fingerprint density at radius 3 is 1.74 bits per heavy atom. The molecule has 0 bridgehead atoms. The summed E-state index contributed by atoms with van der Waals surface area (Å²) in [6.07, 6.45) is 30.2. The highest BCUT2D eigenvalue weighted by Gasteiger charge is 1.89. The van der Waals surface area contributed by atoms with E-state index in [9.17, 15) is 4.79 Å². The van der Waals surface area contributed by atoms with E-state index in [2.05, 4.69) is 19.1 Å². The van der Waals surface area contributed by atoms with Gasteiger partial charge in [0.15, 0.2) is 0 Å². The van der Waals surface area contributed by atoms with Gasteiger partial charge < -0.3 is 5.11 Å². The number of carboxylic acids is 1. The maximum atomic E-state index is 10.2. The van der Waals surface area contributed by atoms with Crippen molar-refractivity contribution < 1.29 is 9.90 Å². The van der Waals surface area contributed by atoms with Gasteiger partial charge in [-0.2, -0.15) is 0 Å². The fourth-order valence-corrected chi connectivity index (χ4v) is 2.09. The first kappa shape index (κ1) is 21.2. The highest BCUT2D eigenvalue weighted by atomic mass is 16.4. The Morgan fingerprint density at radius 1 is 0.696 bits per heavy atom. The van der Waals surface area contributed by atoms with Crippen LogP contribution in [0.2, 0.25) is 0 Å². The van der Waals surface area contributed by atoms with Crippen LogP contribution >= 0.6 is 0 Å². The Balaban J connectivity index is 3.47. The first-order valence-corrected chi connectivity index (χ1v) is 8.83. The second kappa shape index (κ2) is 18.2. The van der Waals surface area contributed by atoms with Gasteiger partial charge in [-0.15, -0.1) is 0 Å².